The van der Waals surface area contributed by atoms with Crippen molar-refractivity contribution in [3.05, 3.63) is 47.3 Å². The number of carbonyl (C=O) groups excluding carboxylic acids is 1. The Morgan fingerprint density at radius 1 is 1.10 bits per heavy atom. The normalized spacial score (nSPS) is 13.4. The highest BCUT2D eigenvalue weighted by Crippen LogP contribution is 2.36. The summed E-state index contributed by atoms with van der Waals surface area (Å²) in [5.41, 5.74) is -2.86. The Bertz CT molecular complexity index is 858. The van der Waals surface area contributed by atoms with Crippen molar-refractivity contribution in [2.24, 2.45) is 0 Å². The minimum atomic E-state index is -4.81. The predicted molar refractivity (Wildman–Crippen MR) is 91.5 cm³/mol. The van der Waals surface area contributed by atoms with Gasteiger partial charge < -0.3 is 10.1 Å². The topological polar surface area (TPSA) is 56.2 Å². The van der Waals surface area contributed by atoms with E-state index in [1.54, 1.807) is 0 Å². The monoisotopic (exact) mass is 423 g/mol. The summed E-state index contributed by atoms with van der Waals surface area (Å²) >= 11 is 0. The lowest BCUT2D eigenvalue weighted by molar-refractivity contribution is -0.145. The van der Waals surface area contributed by atoms with Crippen LogP contribution in [-0.2, 0) is 12.4 Å². The molecule has 0 aliphatic heterocycles. The van der Waals surface area contributed by atoms with Crippen LogP contribution in [-0.4, -0.2) is 28.3 Å². The number of halogens is 6. The molecule has 1 aromatic heterocycles. The van der Waals surface area contributed by atoms with Crippen LogP contribution in [0.2, 0.25) is 0 Å². The van der Waals surface area contributed by atoms with Gasteiger partial charge in [0.2, 0.25) is 0 Å². The fourth-order valence-corrected chi connectivity index (χ4v) is 2.59. The SMILES string of the molecule is CC(C)n1ncc(C(=O)N[C@H](C)COc2ccccc2C(F)(F)F)c1C(F)(F)F. The lowest BCUT2D eigenvalue weighted by atomic mass is 10.2. The van der Waals surface area contributed by atoms with Crippen molar-refractivity contribution >= 4 is 5.91 Å². The Hall–Kier alpha value is -2.72. The number of hydrogen-bond donors (Lipinski definition) is 1. The highest BCUT2D eigenvalue weighted by molar-refractivity contribution is 5.95. The highest BCUT2D eigenvalue weighted by Gasteiger charge is 2.41. The first-order valence-electron chi connectivity index (χ1n) is 8.57. The van der Waals surface area contributed by atoms with Crippen molar-refractivity contribution in [2.45, 2.75) is 45.2 Å². The van der Waals surface area contributed by atoms with Crippen LogP contribution in [0.4, 0.5) is 26.3 Å². The average Bonchev–Trinajstić information content (AvgIpc) is 3.05. The van der Waals surface area contributed by atoms with Crippen molar-refractivity contribution in [1.29, 1.82) is 0 Å². The molecule has 11 heteroatoms. The number of carbonyl (C=O) groups is 1. The Morgan fingerprint density at radius 3 is 2.28 bits per heavy atom. The summed E-state index contributed by atoms with van der Waals surface area (Å²) in [6, 6.07) is 3.01. The van der Waals surface area contributed by atoms with E-state index in [0.29, 0.717) is 4.68 Å². The quantitative estimate of drug-likeness (QED) is 0.686. The van der Waals surface area contributed by atoms with Crippen LogP contribution in [0, 0.1) is 0 Å². The van der Waals surface area contributed by atoms with Crippen molar-refractivity contribution in [3.8, 4) is 5.75 Å². The van der Waals surface area contributed by atoms with E-state index in [1.165, 1.54) is 32.9 Å². The van der Waals surface area contributed by atoms with Gasteiger partial charge in [0.25, 0.3) is 5.91 Å². The zero-order chi connectivity index (χ0) is 22.0. The second-order valence-electron chi connectivity index (χ2n) is 6.62. The van der Waals surface area contributed by atoms with Crippen LogP contribution >= 0.6 is 0 Å². The summed E-state index contributed by atoms with van der Waals surface area (Å²) in [7, 11) is 0. The van der Waals surface area contributed by atoms with Gasteiger partial charge in [0, 0.05) is 6.04 Å². The summed E-state index contributed by atoms with van der Waals surface area (Å²) in [6.45, 7) is 3.99. The molecule has 0 radical (unpaired) electrons. The number of rotatable bonds is 6. The molecule has 1 heterocycles. The third kappa shape index (κ3) is 5.42. The van der Waals surface area contributed by atoms with Gasteiger partial charge in [0.05, 0.1) is 23.4 Å². The van der Waals surface area contributed by atoms with Gasteiger partial charge in [-0.3, -0.25) is 9.48 Å². The average molecular weight is 423 g/mol. The molecule has 2 rings (SSSR count). The molecule has 5 nitrogen and oxygen atoms in total. The van der Waals surface area contributed by atoms with E-state index in [2.05, 4.69) is 10.4 Å². The van der Waals surface area contributed by atoms with Gasteiger partial charge in [-0.05, 0) is 32.9 Å². The fraction of sp³-hybridized carbons (Fsp3) is 0.444. The molecule has 1 atom stereocenters. The third-order valence-electron chi connectivity index (χ3n) is 3.86. The molecule has 0 fully saturated rings. The maximum absolute atomic E-state index is 13.4. The summed E-state index contributed by atoms with van der Waals surface area (Å²) in [4.78, 5) is 12.3. The molecule has 0 saturated heterocycles. The molecule has 0 spiro atoms. The number of nitrogens with zero attached hydrogens (tertiary/aromatic N) is 2. The Morgan fingerprint density at radius 2 is 1.72 bits per heavy atom. The molecule has 1 aromatic carbocycles. The first-order chi connectivity index (χ1) is 13.3. The number of ether oxygens (including phenoxy) is 1. The number of para-hydroxylation sites is 1. The van der Waals surface area contributed by atoms with Crippen LogP contribution < -0.4 is 10.1 Å². The molecule has 160 valence electrons. The van der Waals surface area contributed by atoms with Gasteiger partial charge in [-0.15, -0.1) is 0 Å². The van der Waals surface area contributed by atoms with Crippen molar-refractivity contribution in [2.75, 3.05) is 6.61 Å². The third-order valence-corrected chi connectivity index (χ3v) is 3.86. The molecular weight excluding hydrogens is 404 g/mol. The van der Waals surface area contributed by atoms with Crippen LogP contribution in [0.1, 0.15) is 48.4 Å². The Labute approximate surface area is 162 Å². The second-order valence-corrected chi connectivity index (χ2v) is 6.62. The number of amides is 1. The van der Waals surface area contributed by atoms with Crippen LogP contribution in [0.25, 0.3) is 0 Å². The Balaban J connectivity index is 2.12. The fourth-order valence-electron chi connectivity index (χ4n) is 2.59. The van der Waals surface area contributed by atoms with Gasteiger partial charge in [-0.2, -0.15) is 31.4 Å². The Kier molecular flexibility index (Phi) is 6.49. The number of benzene rings is 1. The number of nitrogens with one attached hydrogen (secondary N) is 1. The molecule has 0 aliphatic rings. The van der Waals surface area contributed by atoms with E-state index < -0.39 is 52.9 Å². The lowest BCUT2D eigenvalue weighted by Crippen LogP contribution is -2.37. The maximum atomic E-state index is 13.4. The standard InChI is InChI=1S/C18H19F6N3O2/c1-10(2)27-15(18(22,23)24)12(8-25-27)16(28)26-11(3)9-29-14-7-5-4-6-13(14)17(19,20)21/h4-8,10-11H,9H2,1-3H3,(H,26,28)/t11-/m1/s1. The molecule has 1 amide bonds. The number of aromatic nitrogens is 2. The van der Waals surface area contributed by atoms with Gasteiger partial charge >= 0.3 is 12.4 Å². The minimum Gasteiger partial charge on any atom is -0.491 e. The molecule has 0 unspecified atom stereocenters. The minimum absolute atomic E-state index is 0.376. The van der Waals surface area contributed by atoms with Gasteiger partial charge in [0.1, 0.15) is 12.4 Å². The maximum Gasteiger partial charge on any atom is 0.433 e. The van der Waals surface area contributed by atoms with E-state index in [9.17, 15) is 31.1 Å². The van der Waals surface area contributed by atoms with E-state index in [1.807, 2.05) is 0 Å². The summed E-state index contributed by atoms with van der Waals surface area (Å²) in [5.74, 6) is -1.49. The summed E-state index contributed by atoms with van der Waals surface area (Å²) in [6.07, 6.45) is -8.63. The van der Waals surface area contributed by atoms with E-state index in [-0.39, 0.29) is 6.61 Å². The van der Waals surface area contributed by atoms with Crippen LogP contribution in [0.15, 0.2) is 30.5 Å². The predicted octanol–water partition coefficient (Wildman–Crippen LogP) is 4.70. The number of hydrogen-bond acceptors (Lipinski definition) is 3. The number of alkyl halides is 6. The molecular formula is C18H19F6N3O2. The molecule has 2 aromatic rings. The lowest BCUT2D eigenvalue weighted by Gasteiger charge is -2.19. The van der Waals surface area contributed by atoms with Crippen LogP contribution in [0.5, 0.6) is 5.75 Å². The highest BCUT2D eigenvalue weighted by atomic mass is 19.4. The first-order valence-corrected chi connectivity index (χ1v) is 8.57. The van der Waals surface area contributed by atoms with Gasteiger partial charge in [0.15, 0.2) is 5.69 Å². The summed E-state index contributed by atoms with van der Waals surface area (Å²) < 4.78 is 84.8. The van der Waals surface area contributed by atoms with E-state index in [0.717, 1.165) is 18.3 Å². The van der Waals surface area contributed by atoms with Gasteiger partial charge in [-0.1, -0.05) is 12.1 Å². The molecule has 29 heavy (non-hydrogen) atoms. The van der Waals surface area contributed by atoms with E-state index >= 15 is 0 Å². The second kappa shape index (κ2) is 8.34. The molecule has 0 aliphatic carbocycles. The first kappa shape index (κ1) is 22.6. The largest absolute Gasteiger partial charge is 0.491 e. The van der Waals surface area contributed by atoms with Crippen molar-refractivity contribution in [1.82, 2.24) is 15.1 Å². The molecule has 0 bridgehead atoms. The van der Waals surface area contributed by atoms with E-state index in [4.69, 9.17) is 4.74 Å². The van der Waals surface area contributed by atoms with Gasteiger partial charge in [-0.25, -0.2) is 0 Å². The molecule has 1 N–H and O–H groups in total. The zero-order valence-electron chi connectivity index (χ0n) is 15.7. The summed E-state index contributed by atoms with van der Waals surface area (Å²) in [5, 5.41) is 5.91. The van der Waals surface area contributed by atoms with Crippen LogP contribution in [0.3, 0.4) is 0 Å². The zero-order valence-corrected chi connectivity index (χ0v) is 15.7. The van der Waals surface area contributed by atoms with Crippen molar-refractivity contribution < 1.29 is 35.9 Å². The smallest absolute Gasteiger partial charge is 0.433 e. The van der Waals surface area contributed by atoms with Crippen molar-refractivity contribution in [3.63, 3.8) is 0 Å². The molecule has 0 saturated carbocycles.